The molecule has 0 saturated heterocycles. The lowest BCUT2D eigenvalue weighted by Gasteiger charge is -2.10. The van der Waals surface area contributed by atoms with Crippen molar-refractivity contribution < 1.29 is 0 Å². The monoisotopic (exact) mass is 269 g/mol. The van der Waals surface area contributed by atoms with Crippen LogP contribution in [0.1, 0.15) is 11.1 Å². The van der Waals surface area contributed by atoms with Gasteiger partial charge < -0.3 is 9.88 Å². The van der Waals surface area contributed by atoms with E-state index in [1.54, 1.807) is 12.7 Å². The summed E-state index contributed by atoms with van der Waals surface area (Å²) in [4.78, 5) is 9.58. The van der Waals surface area contributed by atoms with Gasteiger partial charge in [-0.1, -0.05) is 12.1 Å². The third-order valence-electron chi connectivity index (χ3n) is 3.50. The number of nitrogens with one attached hydrogen (secondary N) is 1. The molecule has 0 radical (unpaired) electrons. The first-order chi connectivity index (χ1) is 9.74. The molecule has 0 atom stereocenters. The lowest BCUT2D eigenvalue weighted by Crippen LogP contribution is -2.15. The molecule has 5 heteroatoms. The summed E-state index contributed by atoms with van der Waals surface area (Å²) in [6, 6.07) is 6.37. The summed E-state index contributed by atoms with van der Waals surface area (Å²) in [5.41, 5.74) is 3.84. The zero-order chi connectivity index (χ0) is 13.9. The normalized spacial score (nSPS) is 11.6. The molecule has 20 heavy (non-hydrogen) atoms. The molecule has 0 aliphatic carbocycles. The molecule has 104 valence electrons. The van der Waals surface area contributed by atoms with Gasteiger partial charge in [-0.05, 0) is 37.7 Å². The van der Waals surface area contributed by atoms with Crippen molar-refractivity contribution in [2.75, 3.05) is 20.6 Å². The molecule has 5 nitrogen and oxygen atoms in total. The number of hydrogen-bond acceptors (Lipinski definition) is 3. The number of rotatable bonds is 5. The van der Waals surface area contributed by atoms with Crippen molar-refractivity contribution in [1.29, 1.82) is 0 Å². The summed E-state index contributed by atoms with van der Waals surface area (Å²) >= 11 is 0. The second kappa shape index (κ2) is 5.46. The van der Waals surface area contributed by atoms with Crippen LogP contribution in [-0.4, -0.2) is 45.3 Å². The molecule has 0 saturated carbocycles. The molecule has 3 aromatic rings. The lowest BCUT2D eigenvalue weighted by atomic mass is 10.0. The molecule has 0 aliphatic rings. The van der Waals surface area contributed by atoms with E-state index in [-0.39, 0.29) is 0 Å². The second-order valence-corrected chi connectivity index (χ2v) is 5.30. The summed E-state index contributed by atoms with van der Waals surface area (Å²) in [5.74, 6) is 0. The average molecular weight is 269 g/mol. The quantitative estimate of drug-likeness (QED) is 0.770. The van der Waals surface area contributed by atoms with Crippen molar-refractivity contribution >= 4 is 10.9 Å². The minimum absolute atomic E-state index is 0.754. The third-order valence-corrected chi connectivity index (χ3v) is 3.50. The zero-order valence-electron chi connectivity index (χ0n) is 11.9. The lowest BCUT2D eigenvalue weighted by molar-refractivity contribution is 0.414. The summed E-state index contributed by atoms with van der Waals surface area (Å²) in [5, 5.41) is 5.52. The van der Waals surface area contributed by atoms with Crippen molar-refractivity contribution in [2.45, 2.75) is 13.0 Å². The Bertz CT molecular complexity index is 681. The van der Waals surface area contributed by atoms with Gasteiger partial charge in [0, 0.05) is 23.6 Å². The van der Waals surface area contributed by atoms with E-state index in [1.807, 2.05) is 4.68 Å². The predicted molar refractivity (Wildman–Crippen MR) is 79.7 cm³/mol. The van der Waals surface area contributed by atoms with Gasteiger partial charge in [0.1, 0.15) is 12.7 Å². The maximum absolute atomic E-state index is 4.19. The fourth-order valence-corrected chi connectivity index (χ4v) is 2.50. The molecule has 0 amide bonds. The van der Waals surface area contributed by atoms with Crippen LogP contribution in [0.15, 0.2) is 37.1 Å². The number of hydrogen-bond donors (Lipinski definition) is 1. The minimum Gasteiger partial charge on any atom is -0.361 e. The van der Waals surface area contributed by atoms with Crippen molar-refractivity contribution in [3.63, 3.8) is 0 Å². The van der Waals surface area contributed by atoms with Crippen LogP contribution in [0.5, 0.6) is 0 Å². The van der Waals surface area contributed by atoms with Gasteiger partial charge >= 0.3 is 0 Å². The predicted octanol–water partition coefficient (Wildman–Crippen LogP) is 1.91. The Morgan fingerprint density at radius 1 is 1.25 bits per heavy atom. The summed E-state index contributed by atoms with van der Waals surface area (Å²) in [6.45, 7) is 1.80. The average Bonchev–Trinajstić information content (AvgIpc) is 3.06. The Balaban J connectivity index is 1.96. The van der Waals surface area contributed by atoms with Crippen LogP contribution in [0, 0.1) is 0 Å². The van der Waals surface area contributed by atoms with E-state index in [4.69, 9.17) is 0 Å². The molecule has 0 fully saturated rings. The number of H-pyrrole nitrogens is 1. The van der Waals surface area contributed by atoms with E-state index < -0.39 is 0 Å². The number of benzene rings is 1. The van der Waals surface area contributed by atoms with Crippen molar-refractivity contribution in [3.05, 3.63) is 48.2 Å². The van der Waals surface area contributed by atoms with Gasteiger partial charge in [-0.15, -0.1) is 0 Å². The van der Waals surface area contributed by atoms with Gasteiger partial charge in [0.15, 0.2) is 0 Å². The molecule has 0 aliphatic heterocycles. The van der Waals surface area contributed by atoms with Crippen LogP contribution in [0.3, 0.4) is 0 Å². The number of likely N-dealkylation sites (N-methyl/N-ethyl adjacent to an activating group) is 1. The van der Waals surface area contributed by atoms with E-state index in [9.17, 15) is 0 Å². The second-order valence-electron chi connectivity index (χ2n) is 5.30. The minimum atomic E-state index is 0.754. The first kappa shape index (κ1) is 12.9. The van der Waals surface area contributed by atoms with Crippen molar-refractivity contribution in [2.24, 2.45) is 0 Å². The SMILES string of the molecule is CN(C)CCc1c[nH]c2cccc(Cn3cncn3)c12. The first-order valence-electron chi connectivity index (χ1n) is 6.79. The molecule has 1 N–H and O–H groups in total. The van der Waals surface area contributed by atoms with Gasteiger partial charge in [-0.25, -0.2) is 9.67 Å². The highest BCUT2D eigenvalue weighted by molar-refractivity contribution is 5.86. The standard InChI is InChI=1S/C15H19N5/c1-19(2)7-6-12-8-17-14-5-3-4-13(15(12)14)9-20-11-16-10-18-20/h3-5,8,10-11,17H,6-7,9H2,1-2H3. The van der Waals surface area contributed by atoms with Gasteiger partial charge in [-0.2, -0.15) is 5.10 Å². The molecule has 0 unspecified atom stereocenters. The third kappa shape index (κ3) is 2.58. The molecule has 0 spiro atoms. The highest BCUT2D eigenvalue weighted by atomic mass is 15.3. The van der Waals surface area contributed by atoms with Crippen molar-refractivity contribution in [1.82, 2.24) is 24.6 Å². The Kier molecular flexibility index (Phi) is 3.52. The van der Waals surface area contributed by atoms with Gasteiger partial charge in [-0.3, -0.25) is 0 Å². The topological polar surface area (TPSA) is 49.7 Å². The molecular weight excluding hydrogens is 250 g/mol. The van der Waals surface area contributed by atoms with Gasteiger partial charge in [0.05, 0.1) is 6.54 Å². The van der Waals surface area contributed by atoms with Crippen molar-refractivity contribution in [3.8, 4) is 0 Å². The smallest absolute Gasteiger partial charge is 0.137 e. The molecule has 2 aromatic heterocycles. The van der Waals surface area contributed by atoms with E-state index in [0.29, 0.717) is 0 Å². The van der Waals surface area contributed by atoms with E-state index in [1.165, 1.54) is 22.0 Å². The maximum Gasteiger partial charge on any atom is 0.137 e. The number of fused-ring (bicyclic) bond motifs is 1. The summed E-state index contributed by atoms with van der Waals surface area (Å²) in [7, 11) is 4.20. The maximum atomic E-state index is 4.19. The fraction of sp³-hybridized carbons (Fsp3) is 0.333. The molecular formula is C15H19N5. The van der Waals surface area contributed by atoms with E-state index in [0.717, 1.165) is 19.5 Å². The Hall–Kier alpha value is -2.14. The first-order valence-corrected chi connectivity index (χ1v) is 6.79. The van der Waals surface area contributed by atoms with E-state index in [2.05, 4.69) is 58.5 Å². The Labute approximate surface area is 118 Å². The molecule has 1 aromatic carbocycles. The summed E-state index contributed by atoms with van der Waals surface area (Å²) in [6.07, 6.45) is 6.50. The molecule has 2 heterocycles. The highest BCUT2D eigenvalue weighted by Crippen LogP contribution is 2.23. The Morgan fingerprint density at radius 2 is 2.15 bits per heavy atom. The van der Waals surface area contributed by atoms with Crippen LogP contribution >= 0.6 is 0 Å². The Morgan fingerprint density at radius 3 is 2.90 bits per heavy atom. The van der Waals surface area contributed by atoms with Crippen LogP contribution in [-0.2, 0) is 13.0 Å². The van der Waals surface area contributed by atoms with Crippen LogP contribution in [0.2, 0.25) is 0 Å². The number of aromatic amines is 1. The van der Waals surface area contributed by atoms with Gasteiger partial charge in [0.25, 0.3) is 0 Å². The summed E-state index contributed by atoms with van der Waals surface area (Å²) < 4.78 is 1.86. The molecule has 0 bridgehead atoms. The largest absolute Gasteiger partial charge is 0.361 e. The van der Waals surface area contributed by atoms with Crippen LogP contribution in [0.25, 0.3) is 10.9 Å². The number of aromatic nitrogens is 4. The number of nitrogens with zero attached hydrogens (tertiary/aromatic N) is 4. The van der Waals surface area contributed by atoms with E-state index >= 15 is 0 Å². The highest BCUT2D eigenvalue weighted by Gasteiger charge is 2.09. The van der Waals surface area contributed by atoms with Crippen LogP contribution in [0.4, 0.5) is 0 Å². The van der Waals surface area contributed by atoms with Gasteiger partial charge in [0.2, 0.25) is 0 Å². The zero-order valence-corrected chi connectivity index (χ0v) is 11.9. The molecule has 3 rings (SSSR count). The fourth-order valence-electron chi connectivity index (χ4n) is 2.50. The van der Waals surface area contributed by atoms with Crippen LogP contribution < -0.4 is 0 Å².